The molecule has 2 heterocycles. The highest BCUT2D eigenvalue weighted by Crippen LogP contribution is 2.35. The van der Waals surface area contributed by atoms with Crippen molar-refractivity contribution in [3.63, 3.8) is 0 Å². The van der Waals surface area contributed by atoms with Crippen LogP contribution in [-0.2, 0) is 16.6 Å². The number of fused-ring (bicyclic) bond motifs is 1. The van der Waals surface area contributed by atoms with E-state index in [9.17, 15) is 17.9 Å². The van der Waals surface area contributed by atoms with E-state index in [1.165, 1.54) is 24.4 Å². The van der Waals surface area contributed by atoms with Gasteiger partial charge in [-0.25, -0.2) is 27.2 Å². The first kappa shape index (κ1) is 24.5. The first-order valence-electron chi connectivity index (χ1n) is 10.1. The van der Waals surface area contributed by atoms with E-state index in [1.807, 2.05) is 0 Å². The van der Waals surface area contributed by atoms with Crippen molar-refractivity contribution in [3.05, 3.63) is 64.8 Å². The second kappa shape index (κ2) is 9.56. The number of benzene rings is 2. The standard InChI is InChI=1S/C22H19ClF2N6O3S/c1-26-21-15(7-11-9-28-22(27-2)30-20(11)29-21)14-4-3-5-16(19(14)25)31-35(33,34)17-8-13(23)6-12(10-32)18(17)24/h3-9,31-32H,10H2,1-2H3,(H2,26,27,28,29,30). The fraction of sp³-hybridized carbons (Fsp3) is 0.136. The molecule has 2 aromatic heterocycles. The van der Waals surface area contributed by atoms with Crippen molar-refractivity contribution in [2.75, 3.05) is 29.5 Å². The topological polar surface area (TPSA) is 129 Å². The van der Waals surface area contributed by atoms with Crippen LogP contribution < -0.4 is 15.4 Å². The van der Waals surface area contributed by atoms with Gasteiger partial charge < -0.3 is 15.7 Å². The molecule has 0 unspecified atom stereocenters. The molecule has 0 aliphatic carbocycles. The van der Waals surface area contributed by atoms with Gasteiger partial charge in [0.1, 0.15) is 16.5 Å². The lowest BCUT2D eigenvalue weighted by Gasteiger charge is -2.15. The highest BCUT2D eigenvalue weighted by Gasteiger charge is 2.25. The molecule has 0 amide bonds. The van der Waals surface area contributed by atoms with E-state index in [0.717, 1.165) is 12.1 Å². The number of sulfonamides is 1. The zero-order valence-corrected chi connectivity index (χ0v) is 20.0. The van der Waals surface area contributed by atoms with Crippen LogP contribution in [0.15, 0.2) is 47.5 Å². The maximum atomic E-state index is 15.6. The molecule has 35 heavy (non-hydrogen) atoms. The largest absolute Gasteiger partial charge is 0.392 e. The van der Waals surface area contributed by atoms with Gasteiger partial charge in [-0.15, -0.1) is 0 Å². The summed E-state index contributed by atoms with van der Waals surface area (Å²) in [6.07, 6.45) is 1.52. The minimum atomic E-state index is -4.60. The maximum Gasteiger partial charge on any atom is 0.264 e. The van der Waals surface area contributed by atoms with Gasteiger partial charge in [0.25, 0.3) is 10.0 Å². The third-order valence-corrected chi connectivity index (χ3v) is 6.68. The van der Waals surface area contributed by atoms with Crippen LogP contribution in [0.3, 0.4) is 0 Å². The molecule has 4 rings (SSSR count). The Morgan fingerprint density at radius 2 is 1.80 bits per heavy atom. The van der Waals surface area contributed by atoms with Crippen LogP contribution in [0.2, 0.25) is 5.02 Å². The Balaban J connectivity index is 1.80. The van der Waals surface area contributed by atoms with Crippen LogP contribution in [-0.4, -0.2) is 42.6 Å². The summed E-state index contributed by atoms with van der Waals surface area (Å²) < 4.78 is 58.1. The number of nitrogens with one attached hydrogen (secondary N) is 3. The molecule has 0 aliphatic rings. The van der Waals surface area contributed by atoms with Gasteiger partial charge in [-0.3, -0.25) is 4.72 Å². The first-order valence-corrected chi connectivity index (χ1v) is 12.0. The predicted octanol–water partition coefficient (Wildman–Crippen LogP) is 4.00. The molecule has 4 aromatic rings. The molecule has 0 saturated heterocycles. The number of halogens is 3. The van der Waals surface area contributed by atoms with Gasteiger partial charge in [0, 0.05) is 47.4 Å². The van der Waals surface area contributed by atoms with Gasteiger partial charge in [0.15, 0.2) is 11.5 Å². The van der Waals surface area contributed by atoms with Gasteiger partial charge >= 0.3 is 0 Å². The van der Waals surface area contributed by atoms with Crippen LogP contribution in [0.5, 0.6) is 0 Å². The minimum absolute atomic E-state index is 0.0317. The molecule has 0 saturated carbocycles. The molecule has 9 nitrogen and oxygen atoms in total. The average molecular weight is 521 g/mol. The summed E-state index contributed by atoms with van der Waals surface area (Å²) in [7, 11) is -1.33. The van der Waals surface area contributed by atoms with E-state index in [-0.39, 0.29) is 16.1 Å². The van der Waals surface area contributed by atoms with Gasteiger partial charge in [0.2, 0.25) is 5.95 Å². The minimum Gasteiger partial charge on any atom is -0.392 e. The number of hydrogen-bond donors (Lipinski definition) is 4. The normalized spacial score (nSPS) is 11.5. The third-order valence-electron chi connectivity index (χ3n) is 5.10. The number of hydrogen-bond acceptors (Lipinski definition) is 8. The Bertz CT molecular complexity index is 1550. The predicted molar refractivity (Wildman–Crippen MR) is 130 cm³/mol. The van der Waals surface area contributed by atoms with Crippen molar-refractivity contribution >= 4 is 50.1 Å². The highest BCUT2D eigenvalue weighted by molar-refractivity contribution is 7.92. The van der Waals surface area contributed by atoms with Crippen LogP contribution in [0.1, 0.15) is 5.56 Å². The molecular weight excluding hydrogens is 502 g/mol. The van der Waals surface area contributed by atoms with Gasteiger partial charge in [0.05, 0.1) is 12.3 Å². The average Bonchev–Trinajstić information content (AvgIpc) is 2.85. The van der Waals surface area contributed by atoms with Crippen molar-refractivity contribution in [2.45, 2.75) is 11.5 Å². The molecule has 2 aromatic carbocycles. The van der Waals surface area contributed by atoms with Crippen molar-refractivity contribution in [2.24, 2.45) is 0 Å². The lowest BCUT2D eigenvalue weighted by atomic mass is 10.0. The fourth-order valence-corrected chi connectivity index (χ4v) is 4.94. The maximum absolute atomic E-state index is 15.6. The monoisotopic (exact) mass is 520 g/mol. The van der Waals surface area contributed by atoms with E-state index in [4.69, 9.17) is 11.6 Å². The fourth-order valence-electron chi connectivity index (χ4n) is 3.43. The van der Waals surface area contributed by atoms with E-state index in [0.29, 0.717) is 28.4 Å². The summed E-state index contributed by atoms with van der Waals surface area (Å²) >= 11 is 5.87. The summed E-state index contributed by atoms with van der Waals surface area (Å²) in [5, 5.41) is 15.4. The van der Waals surface area contributed by atoms with Crippen molar-refractivity contribution in [1.29, 1.82) is 0 Å². The Labute approximate surface area is 204 Å². The number of aromatic nitrogens is 3. The highest BCUT2D eigenvalue weighted by atomic mass is 35.5. The summed E-state index contributed by atoms with van der Waals surface area (Å²) in [5.41, 5.74) is -0.000971. The number of anilines is 3. The number of aliphatic hydroxyl groups is 1. The molecule has 0 spiro atoms. The molecular formula is C22H19ClF2N6O3S. The first-order chi connectivity index (χ1) is 16.7. The summed E-state index contributed by atoms with van der Waals surface area (Å²) in [6.45, 7) is -0.764. The lowest BCUT2D eigenvalue weighted by molar-refractivity contribution is 0.274. The summed E-state index contributed by atoms with van der Waals surface area (Å²) in [6, 6.07) is 7.69. The molecule has 13 heteroatoms. The van der Waals surface area contributed by atoms with E-state index in [2.05, 4.69) is 30.3 Å². The SMILES string of the molecule is CNc1ncc2cc(-c3cccc(NS(=O)(=O)c4cc(Cl)cc(CO)c4F)c3F)c(NC)nc2n1. The Morgan fingerprint density at radius 1 is 1.03 bits per heavy atom. The molecule has 0 radical (unpaired) electrons. The van der Waals surface area contributed by atoms with Crippen LogP contribution in [0, 0.1) is 11.6 Å². The Hall–Kier alpha value is -3.61. The molecule has 4 N–H and O–H groups in total. The molecule has 0 bridgehead atoms. The van der Waals surface area contributed by atoms with Crippen molar-refractivity contribution in [1.82, 2.24) is 15.0 Å². The smallest absolute Gasteiger partial charge is 0.264 e. The second-order valence-electron chi connectivity index (χ2n) is 7.30. The number of aliphatic hydroxyl groups excluding tert-OH is 1. The van der Waals surface area contributed by atoms with Crippen LogP contribution in [0.4, 0.5) is 26.2 Å². The third kappa shape index (κ3) is 4.67. The van der Waals surface area contributed by atoms with E-state index in [1.54, 1.807) is 20.2 Å². The van der Waals surface area contributed by atoms with Crippen molar-refractivity contribution in [3.8, 4) is 11.1 Å². The quantitative estimate of drug-likeness (QED) is 0.288. The second-order valence-corrected chi connectivity index (χ2v) is 9.39. The van der Waals surface area contributed by atoms with Gasteiger partial charge in [-0.1, -0.05) is 23.7 Å². The number of rotatable bonds is 7. The zero-order valence-electron chi connectivity index (χ0n) is 18.4. The molecule has 0 fully saturated rings. The summed E-state index contributed by atoms with van der Waals surface area (Å²) in [4.78, 5) is 12.0. The van der Waals surface area contributed by atoms with Gasteiger partial charge in [-0.05, 0) is 24.3 Å². The Kier molecular flexibility index (Phi) is 6.70. The summed E-state index contributed by atoms with van der Waals surface area (Å²) in [5.74, 6) is -1.44. The van der Waals surface area contributed by atoms with E-state index < -0.39 is 38.8 Å². The van der Waals surface area contributed by atoms with Crippen molar-refractivity contribution < 1.29 is 22.3 Å². The van der Waals surface area contributed by atoms with E-state index >= 15 is 4.39 Å². The van der Waals surface area contributed by atoms with Crippen LogP contribution in [0.25, 0.3) is 22.2 Å². The zero-order chi connectivity index (χ0) is 25.3. The van der Waals surface area contributed by atoms with Crippen LogP contribution >= 0.6 is 11.6 Å². The lowest BCUT2D eigenvalue weighted by Crippen LogP contribution is -2.17. The molecule has 0 atom stereocenters. The molecule has 182 valence electrons. The number of nitrogens with zero attached hydrogens (tertiary/aromatic N) is 3. The van der Waals surface area contributed by atoms with Gasteiger partial charge in [-0.2, -0.15) is 4.98 Å². The Morgan fingerprint density at radius 3 is 2.49 bits per heavy atom. The number of pyridine rings is 1. The molecule has 0 aliphatic heterocycles.